The van der Waals surface area contributed by atoms with E-state index in [1.54, 1.807) is 0 Å². The van der Waals surface area contributed by atoms with Crippen molar-refractivity contribution in [3.8, 4) is 0 Å². The van der Waals surface area contributed by atoms with Crippen molar-refractivity contribution in [2.75, 3.05) is 25.5 Å². The van der Waals surface area contributed by atoms with Crippen LogP contribution in [0.1, 0.15) is 12.8 Å². The quantitative estimate of drug-likeness (QED) is 0.618. The average molecular weight is 208 g/mol. The zero-order valence-electron chi connectivity index (χ0n) is 7.36. The molecule has 78 valence electrons. The maximum Gasteiger partial charge on any atom is 0.0958 e. The molecule has 0 bridgehead atoms. The average Bonchev–Trinajstić information content (AvgIpc) is 2.04. The van der Waals surface area contributed by atoms with Gasteiger partial charge in [0.05, 0.1) is 15.9 Å². The van der Waals surface area contributed by atoms with Crippen molar-refractivity contribution in [2.45, 2.75) is 18.9 Å². The van der Waals surface area contributed by atoms with Crippen molar-refractivity contribution < 1.29 is 17.7 Å². The summed E-state index contributed by atoms with van der Waals surface area (Å²) in [5.74, 6) is -0.329. The summed E-state index contributed by atoms with van der Waals surface area (Å²) in [5.41, 5.74) is 0. The smallest absolute Gasteiger partial charge is 0.0958 e. The second-order valence-electron chi connectivity index (χ2n) is 3.10. The molecule has 0 radical (unpaired) electrons. The van der Waals surface area contributed by atoms with E-state index in [1.807, 2.05) is 0 Å². The number of rotatable bonds is 4. The molecule has 0 aromatic rings. The summed E-state index contributed by atoms with van der Waals surface area (Å²) < 4.78 is 35.9. The second kappa shape index (κ2) is 4.90. The largest absolute Gasteiger partial charge is 0.748 e. The molecule has 0 unspecified atom stereocenters. The van der Waals surface area contributed by atoms with E-state index in [0.717, 1.165) is 12.8 Å². The van der Waals surface area contributed by atoms with Crippen LogP contribution >= 0.6 is 0 Å². The SMILES string of the molecule is O=S(=O)([O-])CCNC1CCOCC1. The maximum absolute atomic E-state index is 10.3. The van der Waals surface area contributed by atoms with E-state index >= 15 is 0 Å². The number of hydrogen-bond acceptors (Lipinski definition) is 5. The van der Waals surface area contributed by atoms with Gasteiger partial charge in [0.2, 0.25) is 0 Å². The van der Waals surface area contributed by atoms with Crippen LogP contribution in [0.25, 0.3) is 0 Å². The van der Waals surface area contributed by atoms with Gasteiger partial charge in [-0.25, -0.2) is 8.42 Å². The van der Waals surface area contributed by atoms with E-state index in [4.69, 9.17) is 4.74 Å². The standard InChI is InChI=1S/C7H15NO4S/c9-13(10,11)6-3-8-7-1-4-12-5-2-7/h7-8H,1-6H2,(H,9,10,11)/p-1. The fraction of sp³-hybridized carbons (Fsp3) is 1.00. The van der Waals surface area contributed by atoms with Crippen molar-refractivity contribution in [1.29, 1.82) is 0 Å². The Labute approximate surface area is 78.2 Å². The Hall–Kier alpha value is -0.170. The van der Waals surface area contributed by atoms with Crippen LogP contribution in [-0.2, 0) is 14.9 Å². The van der Waals surface area contributed by atoms with Gasteiger partial charge in [-0.1, -0.05) is 0 Å². The first kappa shape index (κ1) is 10.9. The molecule has 1 fully saturated rings. The van der Waals surface area contributed by atoms with Crippen molar-refractivity contribution in [3.63, 3.8) is 0 Å². The zero-order chi connectivity index (χ0) is 9.73. The first-order valence-corrected chi connectivity index (χ1v) is 5.90. The van der Waals surface area contributed by atoms with Gasteiger partial charge >= 0.3 is 0 Å². The lowest BCUT2D eigenvalue weighted by molar-refractivity contribution is 0.0785. The topological polar surface area (TPSA) is 78.5 Å². The highest BCUT2D eigenvalue weighted by atomic mass is 32.2. The Bertz CT molecular complexity index is 233. The third-order valence-electron chi connectivity index (χ3n) is 2.01. The minimum absolute atomic E-state index is 0.247. The highest BCUT2D eigenvalue weighted by Gasteiger charge is 2.12. The van der Waals surface area contributed by atoms with Gasteiger partial charge in [0.1, 0.15) is 0 Å². The molecule has 1 heterocycles. The highest BCUT2D eigenvalue weighted by molar-refractivity contribution is 7.85. The first-order chi connectivity index (χ1) is 6.08. The summed E-state index contributed by atoms with van der Waals surface area (Å²) in [6.07, 6.45) is 1.78. The Kier molecular flexibility index (Phi) is 4.11. The Morgan fingerprint density at radius 3 is 2.54 bits per heavy atom. The summed E-state index contributed by atoms with van der Waals surface area (Å²) in [5, 5.41) is 3.02. The normalized spacial score (nSPS) is 20.4. The summed E-state index contributed by atoms with van der Waals surface area (Å²) in [6.45, 7) is 1.67. The molecule has 1 aliphatic rings. The number of nitrogens with one attached hydrogen (secondary N) is 1. The highest BCUT2D eigenvalue weighted by Crippen LogP contribution is 2.05. The van der Waals surface area contributed by atoms with Gasteiger partial charge in [-0.15, -0.1) is 0 Å². The molecular formula is C7H14NO4S-. The molecule has 6 heteroatoms. The minimum atomic E-state index is -4.07. The first-order valence-electron chi connectivity index (χ1n) is 4.32. The van der Waals surface area contributed by atoms with Crippen LogP contribution in [0.15, 0.2) is 0 Å². The lowest BCUT2D eigenvalue weighted by Crippen LogP contribution is -2.37. The summed E-state index contributed by atoms with van der Waals surface area (Å²) in [7, 11) is -4.07. The lowest BCUT2D eigenvalue weighted by atomic mass is 10.1. The van der Waals surface area contributed by atoms with Crippen molar-refractivity contribution in [1.82, 2.24) is 5.32 Å². The van der Waals surface area contributed by atoms with Gasteiger partial charge < -0.3 is 14.6 Å². The van der Waals surface area contributed by atoms with Crippen LogP contribution in [0.3, 0.4) is 0 Å². The number of ether oxygens (including phenoxy) is 1. The predicted molar refractivity (Wildman–Crippen MR) is 46.4 cm³/mol. The molecule has 1 rings (SSSR count). The van der Waals surface area contributed by atoms with E-state index in [-0.39, 0.29) is 12.3 Å². The van der Waals surface area contributed by atoms with Crippen molar-refractivity contribution in [3.05, 3.63) is 0 Å². The van der Waals surface area contributed by atoms with Crippen LogP contribution in [0.2, 0.25) is 0 Å². The molecule has 1 aliphatic heterocycles. The van der Waals surface area contributed by atoms with Gasteiger partial charge in [-0.05, 0) is 12.8 Å². The van der Waals surface area contributed by atoms with Gasteiger partial charge in [0.25, 0.3) is 0 Å². The Balaban J connectivity index is 2.11. The molecule has 5 nitrogen and oxygen atoms in total. The fourth-order valence-corrected chi connectivity index (χ4v) is 1.66. The molecule has 0 aliphatic carbocycles. The minimum Gasteiger partial charge on any atom is -0.748 e. The molecule has 0 aromatic heterocycles. The fourth-order valence-electron chi connectivity index (χ4n) is 1.29. The molecule has 0 amide bonds. The van der Waals surface area contributed by atoms with Crippen LogP contribution in [-0.4, -0.2) is 44.5 Å². The second-order valence-corrected chi connectivity index (χ2v) is 4.63. The molecule has 1 saturated heterocycles. The van der Waals surface area contributed by atoms with E-state index in [9.17, 15) is 13.0 Å². The molecule has 0 aromatic carbocycles. The van der Waals surface area contributed by atoms with Crippen LogP contribution < -0.4 is 5.32 Å². The van der Waals surface area contributed by atoms with Crippen LogP contribution in [0, 0.1) is 0 Å². The summed E-state index contributed by atoms with van der Waals surface area (Å²) in [4.78, 5) is 0. The molecule has 0 spiro atoms. The summed E-state index contributed by atoms with van der Waals surface area (Å²) in [6, 6.07) is 0.301. The predicted octanol–water partition coefficient (Wildman–Crippen LogP) is -0.700. The van der Waals surface area contributed by atoms with Gasteiger partial charge in [0, 0.05) is 25.8 Å². The van der Waals surface area contributed by atoms with E-state index in [2.05, 4.69) is 5.32 Å². The number of hydrogen-bond donors (Lipinski definition) is 1. The van der Waals surface area contributed by atoms with Crippen molar-refractivity contribution >= 4 is 10.1 Å². The molecule has 0 saturated carbocycles. The van der Waals surface area contributed by atoms with E-state index in [0.29, 0.717) is 19.3 Å². The van der Waals surface area contributed by atoms with E-state index < -0.39 is 10.1 Å². The van der Waals surface area contributed by atoms with Gasteiger partial charge in [-0.3, -0.25) is 0 Å². The third-order valence-corrected chi connectivity index (χ3v) is 2.71. The van der Waals surface area contributed by atoms with Crippen LogP contribution in [0.4, 0.5) is 0 Å². The molecule has 0 atom stereocenters. The molecule has 1 N–H and O–H groups in total. The zero-order valence-corrected chi connectivity index (χ0v) is 8.18. The third kappa shape index (κ3) is 5.20. The Morgan fingerprint density at radius 1 is 1.38 bits per heavy atom. The Morgan fingerprint density at radius 2 is 2.00 bits per heavy atom. The van der Waals surface area contributed by atoms with Gasteiger partial charge in [-0.2, -0.15) is 0 Å². The van der Waals surface area contributed by atoms with Gasteiger partial charge in [0.15, 0.2) is 0 Å². The van der Waals surface area contributed by atoms with Crippen molar-refractivity contribution in [2.24, 2.45) is 0 Å². The van der Waals surface area contributed by atoms with Crippen LogP contribution in [0.5, 0.6) is 0 Å². The maximum atomic E-state index is 10.3. The summed E-state index contributed by atoms with van der Waals surface area (Å²) >= 11 is 0. The molecular weight excluding hydrogens is 194 g/mol. The lowest BCUT2D eigenvalue weighted by Gasteiger charge is -2.23. The monoisotopic (exact) mass is 208 g/mol. The molecule has 13 heavy (non-hydrogen) atoms. The van der Waals surface area contributed by atoms with E-state index in [1.165, 1.54) is 0 Å².